The fraction of sp³-hybridized carbons (Fsp3) is 0.800. The smallest absolute Gasteiger partial charge is 0.202 e. The molecule has 15 heavy (non-hydrogen) atoms. The van der Waals surface area contributed by atoms with Crippen LogP contribution in [0.1, 0.15) is 39.4 Å². The van der Waals surface area contributed by atoms with E-state index < -0.39 is 0 Å². The van der Waals surface area contributed by atoms with Crippen molar-refractivity contribution in [1.29, 1.82) is 0 Å². The van der Waals surface area contributed by atoms with Crippen molar-refractivity contribution in [2.75, 3.05) is 5.32 Å². The van der Waals surface area contributed by atoms with Crippen molar-refractivity contribution in [2.24, 2.45) is 0 Å². The molecule has 1 aromatic rings. The summed E-state index contributed by atoms with van der Waals surface area (Å²) in [4.78, 5) is 4.44. The van der Waals surface area contributed by atoms with E-state index in [1.165, 1.54) is 11.5 Å². The number of aliphatic hydroxyl groups is 1. The highest BCUT2D eigenvalue weighted by Crippen LogP contribution is 2.27. The molecule has 2 N–H and O–H groups in total. The lowest BCUT2D eigenvalue weighted by Gasteiger charge is -2.31. The topological polar surface area (TPSA) is 58.0 Å². The average molecular weight is 227 g/mol. The Kier molecular flexibility index (Phi) is 2.68. The molecule has 0 bridgehead atoms. The zero-order valence-corrected chi connectivity index (χ0v) is 10.1. The van der Waals surface area contributed by atoms with E-state index in [0.717, 1.165) is 23.8 Å². The van der Waals surface area contributed by atoms with Crippen molar-refractivity contribution < 1.29 is 5.11 Å². The predicted octanol–water partition coefficient (Wildman–Crippen LogP) is 1.77. The fourth-order valence-electron chi connectivity index (χ4n) is 1.47. The second-order valence-corrected chi connectivity index (χ2v) is 5.89. The molecule has 0 amide bonds. The molecule has 0 spiro atoms. The summed E-state index contributed by atoms with van der Waals surface area (Å²) in [7, 11) is 0. The third kappa shape index (κ3) is 2.46. The van der Waals surface area contributed by atoms with E-state index in [1.807, 2.05) is 0 Å². The van der Waals surface area contributed by atoms with Crippen LogP contribution in [0.3, 0.4) is 0 Å². The maximum absolute atomic E-state index is 9.16. The van der Waals surface area contributed by atoms with Crippen LogP contribution in [0.15, 0.2) is 0 Å². The van der Waals surface area contributed by atoms with E-state index in [2.05, 4.69) is 35.4 Å². The number of rotatable bonds is 2. The number of anilines is 1. The highest BCUT2D eigenvalue weighted by Gasteiger charge is 2.28. The molecule has 84 valence electrons. The molecule has 0 unspecified atom stereocenters. The molecular formula is C10H17N3OS. The van der Waals surface area contributed by atoms with Crippen molar-refractivity contribution in [3.8, 4) is 0 Å². The summed E-state index contributed by atoms with van der Waals surface area (Å²) >= 11 is 1.40. The lowest BCUT2D eigenvalue weighted by molar-refractivity contribution is 0.0836. The summed E-state index contributed by atoms with van der Waals surface area (Å²) in [5.41, 5.74) is 0.00948. The lowest BCUT2D eigenvalue weighted by Crippen LogP contribution is -2.38. The third-order valence-electron chi connectivity index (χ3n) is 2.54. The Balaban J connectivity index is 1.96. The minimum atomic E-state index is -0.127. The van der Waals surface area contributed by atoms with E-state index in [0.29, 0.717) is 6.04 Å². The van der Waals surface area contributed by atoms with Gasteiger partial charge in [-0.05, 0) is 12.8 Å². The van der Waals surface area contributed by atoms with Crippen molar-refractivity contribution in [3.63, 3.8) is 0 Å². The summed E-state index contributed by atoms with van der Waals surface area (Å²) in [5.74, 6) is 0.884. The molecule has 1 saturated carbocycles. The third-order valence-corrected chi connectivity index (χ3v) is 3.18. The first-order valence-corrected chi connectivity index (χ1v) is 6.01. The zero-order chi connectivity index (χ0) is 11.1. The molecule has 2 rings (SSSR count). The Morgan fingerprint density at radius 2 is 2.07 bits per heavy atom. The van der Waals surface area contributed by atoms with Gasteiger partial charge in [-0.15, -0.1) is 0 Å². The molecule has 0 aliphatic heterocycles. The first-order chi connectivity index (χ1) is 6.95. The zero-order valence-electron chi connectivity index (χ0n) is 9.32. The molecule has 4 nitrogen and oxygen atoms in total. The molecule has 5 heteroatoms. The molecule has 1 aromatic heterocycles. The Bertz CT molecular complexity index is 339. The van der Waals surface area contributed by atoms with Crippen molar-refractivity contribution >= 4 is 16.7 Å². The predicted molar refractivity (Wildman–Crippen MR) is 61.3 cm³/mol. The Morgan fingerprint density at radius 3 is 2.53 bits per heavy atom. The number of hydrogen-bond acceptors (Lipinski definition) is 5. The highest BCUT2D eigenvalue weighted by atomic mass is 32.1. The van der Waals surface area contributed by atoms with Gasteiger partial charge in [-0.3, -0.25) is 0 Å². The molecule has 1 aliphatic rings. The van der Waals surface area contributed by atoms with Crippen molar-refractivity contribution in [1.82, 2.24) is 9.36 Å². The van der Waals surface area contributed by atoms with Crippen molar-refractivity contribution in [2.45, 2.75) is 51.2 Å². The van der Waals surface area contributed by atoms with Crippen LogP contribution in [0.4, 0.5) is 5.13 Å². The van der Waals surface area contributed by atoms with Crippen LogP contribution in [0, 0.1) is 0 Å². The molecule has 0 aromatic carbocycles. The molecule has 0 atom stereocenters. The number of aromatic nitrogens is 2. The molecule has 0 radical (unpaired) electrons. The van der Waals surface area contributed by atoms with Gasteiger partial charge < -0.3 is 10.4 Å². The van der Waals surface area contributed by atoms with E-state index in [-0.39, 0.29) is 11.5 Å². The van der Waals surface area contributed by atoms with Gasteiger partial charge in [0.05, 0.1) is 6.10 Å². The van der Waals surface area contributed by atoms with Crippen LogP contribution >= 0.6 is 11.5 Å². The maximum Gasteiger partial charge on any atom is 0.202 e. The average Bonchev–Trinajstić information content (AvgIpc) is 2.49. The van der Waals surface area contributed by atoms with Gasteiger partial charge in [-0.2, -0.15) is 4.37 Å². The van der Waals surface area contributed by atoms with E-state index >= 15 is 0 Å². The monoisotopic (exact) mass is 227 g/mol. The Hall–Kier alpha value is -0.680. The first kappa shape index (κ1) is 10.8. The molecule has 1 aliphatic carbocycles. The lowest BCUT2D eigenvalue weighted by atomic mass is 9.90. The van der Waals surface area contributed by atoms with Crippen LogP contribution < -0.4 is 5.32 Å². The van der Waals surface area contributed by atoms with E-state index in [9.17, 15) is 0 Å². The van der Waals surface area contributed by atoms with Gasteiger partial charge >= 0.3 is 0 Å². The molecular weight excluding hydrogens is 210 g/mol. The summed E-state index contributed by atoms with van der Waals surface area (Å²) in [6, 6.07) is 0.376. The minimum absolute atomic E-state index is 0.00948. The first-order valence-electron chi connectivity index (χ1n) is 5.24. The largest absolute Gasteiger partial charge is 0.393 e. The fourth-order valence-corrected chi connectivity index (χ4v) is 2.30. The van der Waals surface area contributed by atoms with Gasteiger partial charge in [0, 0.05) is 23.0 Å². The minimum Gasteiger partial charge on any atom is -0.393 e. The molecule has 1 fully saturated rings. The van der Waals surface area contributed by atoms with Gasteiger partial charge in [-0.25, -0.2) is 4.98 Å². The number of hydrogen-bond donors (Lipinski definition) is 2. The van der Waals surface area contributed by atoms with E-state index in [4.69, 9.17) is 5.11 Å². The van der Waals surface area contributed by atoms with Crippen molar-refractivity contribution in [3.05, 3.63) is 5.82 Å². The van der Waals surface area contributed by atoms with Crippen LogP contribution in [-0.2, 0) is 5.41 Å². The molecule has 1 heterocycles. The number of nitrogens with one attached hydrogen (secondary N) is 1. The van der Waals surface area contributed by atoms with Gasteiger partial charge in [0.1, 0.15) is 5.82 Å². The Morgan fingerprint density at radius 1 is 1.40 bits per heavy atom. The van der Waals surface area contributed by atoms with E-state index in [1.54, 1.807) is 0 Å². The highest BCUT2D eigenvalue weighted by molar-refractivity contribution is 7.09. The summed E-state index contributed by atoms with van der Waals surface area (Å²) in [5, 5.41) is 13.3. The second-order valence-electron chi connectivity index (χ2n) is 5.14. The quantitative estimate of drug-likeness (QED) is 0.808. The van der Waals surface area contributed by atoms with Gasteiger partial charge in [0.15, 0.2) is 0 Å². The van der Waals surface area contributed by atoms with Gasteiger partial charge in [-0.1, -0.05) is 20.8 Å². The SMILES string of the molecule is CC(C)(C)c1nsc(NC2CC(O)C2)n1. The number of aliphatic hydroxyl groups excluding tert-OH is 1. The standard InChI is InChI=1S/C10H17N3OS/c1-10(2,3)8-12-9(15-13-8)11-6-4-7(14)5-6/h6-7,14H,4-5H2,1-3H3,(H,11,12,13). The maximum atomic E-state index is 9.16. The number of nitrogens with zero attached hydrogens (tertiary/aromatic N) is 2. The van der Waals surface area contributed by atoms with Crippen LogP contribution in [0.25, 0.3) is 0 Å². The second kappa shape index (κ2) is 3.72. The van der Waals surface area contributed by atoms with Crippen LogP contribution in [0.5, 0.6) is 0 Å². The molecule has 0 saturated heterocycles. The van der Waals surface area contributed by atoms with Crippen LogP contribution in [0.2, 0.25) is 0 Å². The van der Waals surface area contributed by atoms with Gasteiger partial charge in [0.2, 0.25) is 5.13 Å². The summed E-state index contributed by atoms with van der Waals surface area (Å²) in [6.45, 7) is 6.31. The summed E-state index contributed by atoms with van der Waals surface area (Å²) in [6.07, 6.45) is 1.52. The Labute approximate surface area is 93.9 Å². The van der Waals surface area contributed by atoms with Gasteiger partial charge in [0.25, 0.3) is 0 Å². The van der Waals surface area contributed by atoms with Crippen LogP contribution in [-0.4, -0.2) is 26.6 Å². The summed E-state index contributed by atoms with van der Waals surface area (Å²) < 4.78 is 4.32. The normalized spacial score (nSPS) is 26.1.